The number of rotatable bonds is 9. The van der Waals surface area contributed by atoms with E-state index < -0.39 is 24.6 Å². The first-order valence-corrected chi connectivity index (χ1v) is 10.3. The molecule has 0 fully saturated rings. The van der Waals surface area contributed by atoms with Crippen LogP contribution >= 0.6 is 11.8 Å². The summed E-state index contributed by atoms with van der Waals surface area (Å²) in [4.78, 5) is 35.9. The third kappa shape index (κ3) is 5.83. The quantitative estimate of drug-likeness (QED) is 0.479. The average molecular weight is 421 g/mol. The second kappa shape index (κ2) is 10.1. The molecule has 29 heavy (non-hydrogen) atoms. The Morgan fingerprint density at radius 1 is 1.24 bits per heavy atom. The monoisotopic (exact) mass is 421 g/mol. The molecule has 0 radical (unpaired) electrons. The van der Waals surface area contributed by atoms with Crippen molar-refractivity contribution in [1.82, 2.24) is 9.88 Å². The number of carbonyl (C=O) groups is 3. The first kappa shape index (κ1) is 22.5. The largest absolute Gasteiger partial charge is 0.456 e. The maximum absolute atomic E-state index is 13.2. The van der Waals surface area contributed by atoms with Gasteiger partial charge >= 0.3 is 12.0 Å². The van der Waals surface area contributed by atoms with E-state index in [2.05, 4.69) is 5.32 Å². The Morgan fingerprint density at radius 2 is 1.90 bits per heavy atom. The molecule has 156 valence electrons. The summed E-state index contributed by atoms with van der Waals surface area (Å²) in [6.07, 6.45) is 2.21. The number of ketones is 1. The lowest BCUT2D eigenvalue weighted by Gasteiger charge is -2.15. The van der Waals surface area contributed by atoms with Crippen LogP contribution in [0.15, 0.2) is 30.3 Å². The molecule has 0 aliphatic heterocycles. The highest BCUT2D eigenvalue weighted by Gasteiger charge is 2.23. The van der Waals surface area contributed by atoms with Crippen molar-refractivity contribution >= 4 is 29.5 Å². The van der Waals surface area contributed by atoms with Crippen LogP contribution < -0.4 is 11.1 Å². The fourth-order valence-corrected chi connectivity index (χ4v) is 3.48. The average Bonchev–Trinajstić information content (AvgIpc) is 2.97. The van der Waals surface area contributed by atoms with E-state index in [-0.39, 0.29) is 11.6 Å². The number of nitrogens with zero attached hydrogens (tertiary/aromatic N) is 1. The highest BCUT2D eigenvalue weighted by atomic mass is 32.2. The van der Waals surface area contributed by atoms with Gasteiger partial charge in [0.15, 0.2) is 6.61 Å². The molecular weight excluding hydrogens is 397 g/mol. The number of nitrogens with one attached hydrogen (secondary N) is 1. The molecule has 9 heteroatoms. The van der Waals surface area contributed by atoms with Crippen LogP contribution in [0, 0.1) is 19.7 Å². The Morgan fingerprint density at radius 3 is 2.48 bits per heavy atom. The van der Waals surface area contributed by atoms with Crippen LogP contribution in [0.25, 0.3) is 5.69 Å². The molecule has 0 spiro atoms. The minimum absolute atomic E-state index is 0.343. The predicted molar refractivity (Wildman–Crippen MR) is 110 cm³/mol. The minimum Gasteiger partial charge on any atom is -0.456 e. The van der Waals surface area contributed by atoms with Gasteiger partial charge in [-0.05, 0) is 62.6 Å². The first-order chi connectivity index (χ1) is 13.7. The lowest BCUT2D eigenvalue weighted by atomic mass is 10.1. The summed E-state index contributed by atoms with van der Waals surface area (Å²) in [6, 6.07) is 5.89. The van der Waals surface area contributed by atoms with E-state index >= 15 is 0 Å². The van der Waals surface area contributed by atoms with Gasteiger partial charge < -0.3 is 20.4 Å². The van der Waals surface area contributed by atoms with E-state index in [0.717, 1.165) is 11.4 Å². The fourth-order valence-electron chi connectivity index (χ4n) is 3.00. The number of hydrogen-bond acceptors (Lipinski definition) is 5. The minimum atomic E-state index is -0.903. The van der Waals surface area contributed by atoms with Crippen LogP contribution in [0.4, 0.5) is 9.18 Å². The van der Waals surface area contributed by atoms with Gasteiger partial charge in [0, 0.05) is 22.6 Å². The van der Waals surface area contributed by atoms with Gasteiger partial charge in [0.2, 0.25) is 5.78 Å². The molecule has 0 saturated heterocycles. The zero-order valence-corrected chi connectivity index (χ0v) is 17.3. The molecule has 0 aliphatic rings. The molecule has 1 atom stereocenters. The van der Waals surface area contributed by atoms with E-state index in [1.165, 1.54) is 23.9 Å². The Kier molecular flexibility index (Phi) is 7.83. The van der Waals surface area contributed by atoms with Crippen LogP contribution in [0.3, 0.4) is 0 Å². The van der Waals surface area contributed by atoms with Crippen molar-refractivity contribution in [2.75, 3.05) is 18.6 Å². The second-order valence-electron chi connectivity index (χ2n) is 6.47. The third-order valence-electron chi connectivity index (χ3n) is 4.37. The normalized spacial score (nSPS) is 11.7. The number of Topliss-reactive ketones (excluding diaryl/α,β-unsaturated/α-hetero) is 1. The Bertz CT molecular complexity index is 896. The molecular formula is C20H24FN3O4S. The zero-order valence-electron chi connectivity index (χ0n) is 16.5. The number of aryl methyl sites for hydroxylation is 1. The summed E-state index contributed by atoms with van der Waals surface area (Å²) >= 11 is 1.51. The summed E-state index contributed by atoms with van der Waals surface area (Å²) in [5.41, 5.74) is 7.67. The standard InChI is InChI=1S/C20H24FN3O4S/c1-12-10-16(13(2)24(12)15-6-4-14(21)5-7-15)18(25)11-28-19(26)17(8-9-29-3)23-20(22)27/h4-7,10,17H,8-9,11H2,1-3H3,(H3,22,23,27)/t17-/m1/s1. The van der Waals surface area contributed by atoms with Crippen molar-refractivity contribution in [3.05, 3.63) is 53.1 Å². The number of esters is 1. The lowest BCUT2D eigenvalue weighted by molar-refractivity contribution is -0.144. The van der Waals surface area contributed by atoms with Crippen LogP contribution in [-0.4, -0.2) is 47.0 Å². The van der Waals surface area contributed by atoms with Crippen LogP contribution in [0.1, 0.15) is 28.2 Å². The fraction of sp³-hybridized carbons (Fsp3) is 0.350. The van der Waals surface area contributed by atoms with Crippen molar-refractivity contribution in [3.63, 3.8) is 0 Å². The van der Waals surface area contributed by atoms with E-state index in [0.29, 0.717) is 23.4 Å². The maximum atomic E-state index is 13.2. The molecule has 2 aromatic rings. The second-order valence-corrected chi connectivity index (χ2v) is 7.46. The van der Waals surface area contributed by atoms with Gasteiger partial charge in [0.05, 0.1) is 0 Å². The van der Waals surface area contributed by atoms with Gasteiger partial charge in [-0.15, -0.1) is 0 Å². The van der Waals surface area contributed by atoms with Gasteiger partial charge in [0.1, 0.15) is 11.9 Å². The van der Waals surface area contributed by atoms with Crippen LogP contribution in [0.2, 0.25) is 0 Å². The number of nitrogens with two attached hydrogens (primary N) is 1. The van der Waals surface area contributed by atoms with E-state index in [9.17, 15) is 18.8 Å². The lowest BCUT2D eigenvalue weighted by Crippen LogP contribution is -2.45. The highest BCUT2D eigenvalue weighted by molar-refractivity contribution is 7.98. The van der Waals surface area contributed by atoms with E-state index in [1.807, 2.05) is 17.7 Å². The molecule has 7 nitrogen and oxygen atoms in total. The number of thioether (sulfide) groups is 1. The van der Waals surface area contributed by atoms with Crippen molar-refractivity contribution in [2.24, 2.45) is 5.73 Å². The number of hydrogen-bond donors (Lipinski definition) is 2. The molecule has 0 unspecified atom stereocenters. The predicted octanol–water partition coefficient (Wildman–Crippen LogP) is 2.75. The summed E-state index contributed by atoms with van der Waals surface area (Å²) in [5.74, 6) is -0.812. The molecule has 1 heterocycles. The number of aromatic nitrogens is 1. The SMILES string of the molecule is CSCC[C@@H](NC(N)=O)C(=O)OCC(=O)c1cc(C)n(-c2ccc(F)cc2)c1C. The van der Waals surface area contributed by atoms with Gasteiger partial charge in [-0.1, -0.05) is 0 Å². The molecule has 0 aliphatic carbocycles. The van der Waals surface area contributed by atoms with Gasteiger partial charge in [-0.2, -0.15) is 11.8 Å². The number of ether oxygens (including phenoxy) is 1. The number of amides is 2. The van der Waals surface area contributed by atoms with Gasteiger partial charge in [0.25, 0.3) is 0 Å². The molecule has 1 aromatic heterocycles. The topological polar surface area (TPSA) is 103 Å². The Labute approximate surface area is 172 Å². The van der Waals surface area contributed by atoms with Gasteiger partial charge in [-0.3, -0.25) is 4.79 Å². The number of halogens is 1. The number of carbonyl (C=O) groups excluding carboxylic acids is 3. The third-order valence-corrected chi connectivity index (χ3v) is 5.02. The van der Waals surface area contributed by atoms with Crippen molar-refractivity contribution < 1.29 is 23.5 Å². The highest BCUT2D eigenvalue weighted by Crippen LogP contribution is 2.21. The molecule has 2 rings (SSSR count). The number of primary amides is 1. The van der Waals surface area contributed by atoms with Crippen molar-refractivity contribution in [1.29, 1.82) is 0 Å². The molecule has 2 amide bonds. The molecule has 0 saturated carbocycles. The van der Waals surface area contributed by atoms with Crippen LogP contribution in [-0.2, 0) is 9.53 Å². The van der Waals surface area contributed by atoms with E-state index in [1.54, 1.807) is 25.1 Å². The first-order valence-electron chi connectivity index (χ1n) is 8.94. The zero-order chi connectivity index (χ0) is 21.6. The van der Waals surface area contributed by atoms with E-state index in [4.69, 9.17) is 10.5 Å². The summed E-state index contributed by atoms with van der Waals surface area (Å²) in [6.45, 7) is 3.14. The summed E-state index contributed by atoms with van der Waals surface area (Å²) < 4.78 is 20.1. The maximum Gasteiger partial charge on any atom is 0.329 e. The summed E-state index contributed by atoms with van der Waals surface area (Å²) in [5, 5.41) is 2.33. The van der Waals surface area contributed by atoms with Crippen molar-refractivity contribution in [2.45, 2.75) is 26.3 Å². The van der Waals surface area contributed by atoms with Crippen LogP contribution in [0.5, 0.6) is 0 Å². The smallest absolute Gasteiger partial charge is 0.329 e. The molecule has 0 bridgehead atoms. The van der Waals surface area contributed by atoms with Crippen molar-refractivity contribution in [3.8, 4) is 5.69 Å². The number of benzene rings is 1. The Balaban J connectivity index is 2.10. The Hall–Kier alpha value is -2.81. The van der Waals surface area contributed by atoms with Gasteiger partial charge in [-0.25, -0.2) is 14.0 Å². The molecule has 1 aromatic carbocycles. The molecule has 3 N–H and O–H groups in total. The number of urea groups is 1. The summed E-state index contributed by atoms with van der Waals surface area (Å²) in [7, 11) is 0.